The fraction of sp³-hybridized carbons (Fsp3) is 0.118. The minimum Gasteiger partial charge on any atom is -0.451 e. The van der Waals surface area contributed by atoms with Gasteiger partial charge in [-0.25, -0.2) is 9.78 Å². The van der Waals surface area contributed by atoms with E-state index in [4.69, 9.17) is 4.74 Å². The minimum atomic E-state index is -0.632. The molecule has 0 unspecified atom stereocenters. The van der Waals surface area contributed by atoms with Crippen LogP contribution in [0.1, 0.15) is 10.5 Å². The first-order chi connectivity index (χ1) is 11.7. The van der Waals surface area contributed by atoms with Crippen molar-refractivity contribution in [3.63, 3.8) is 0 Å². The highest BCUT2D eigenvalue weighted by Gasteiger charge is 2.14. The van der Waals surface area contributed by atoms with Gasteiger partial charge in [0.2, 0.25) is 0 Å². The zero-order valence-electron chi connectivity index (χ0n) is 12.9. The molecule has 0 aliphatic carbocycles. The first-order valence-electron chi connectivity index (χ1n) is 7.21. The number of aromatic nitrogens is 2. The molecule has 2 aromatic heterocycles. The molecule has 0 aliphatic rings. The number of amides is 1. The Balaban J connectivity index is 1.60. The van der Waals surface area contributed by atoms with Crippen LogP contribution < -0.4 is 5.32 Å². The predicted octanol–water partition coefficient (Wildman–Crippen LogP) is 2.85. The molecule has 0 saturated heterocycles. The predicted molar refractivity (Wildman–Crippen MR) is 92.3 cm³/mol. The highest BCUT2D eigenvalue weighted by atomic mass is 32.2. The van der Waals surface area contributed by atoms with E-state index in [9.17, 15) is 9.59 Å². The van der Waals surface area contributed by atoms with Gasteiger partial charge in [0.1, 0.15) is 5.65 Å². The summed E-state index contributed by atoms with van der Waals surface area (Å²) in [5.74, 6) is -1.03. The summed E-state index contributed by atoms with van der Waals surface area (Å²) in [4.78, 5) is 29.1. The number of thioether (sulfide) groups is 1. The largest absolute Gasteiger partial charge is 0.451 e. The number of carbonyl (C=O) groups is 2. The first kappa shape index (κ1) is 16.1. The van der Waals surface area contributed by atoms with Crippen molar-refractivity contribution in [2.75, 3.05) is 18.2 Å². The second-order valence-electron chi connectivity index (χ2n) is 4.92. The van der Waals surface area contributed by atoms with E-state index in [-0.39, 0.29) is 12.3 Å². The number of nitrogens with one attached hydrogen (secondary N) is 1. The average Bonchev–Trinajstić information content (AvgIpc) is 3.04. The molecule has 0 atom stereocenters. The molecule has 0 saturated carbocycles. The number of rotatable bonds is 5. The number of anilines is 1. The van der Waals surface area contributed by atoms with Crippen LogP contribution in [0.15, 0.2) is 59.8 Å². The van der Waals surface area contributed by atoms with E-state index in [0.717, 1.165) is 4.90 Å². The van der Waals surface area contributed by atoms with E-state index >= 15 is 0 Å². The Morgan fingerprint density at radius 1 is 1.21 bits per heavy atom. The molecule has 3 aromatic rings. The van der Waals surface area contributed by atoms with Crippen LogP contribution in [0, 0.1) is 0 Å². The molecule has 0 fully saturated rings. The van der Waals surface area contributed by atoms with Crippen LogP contribution in [0.5, 0.6) is 0 Å². The highest BCUT2D eigenvalue weighted by Crippen LogP contribution is 2.24. The van der Waals surface area contributed by atoms with Gasteiger partial charge in [0, 0.05) is 17.3 Å². The van der Waals surface area contributed by atoms with Crippen molar-refractivity contribution >= 4 is 35.0 Å². The summed E-state index contributed by atoms with van der Waals surface area (Å²) < 4.78 is 6.75. The lowest BCUT2D eigenvalue weighted by atomic mass is 10.3. The second-order valence-corrected chi connectivity index (χ2v) is 5.76. The van der Waals surface area contributed by atoms with E-state index in [1.54, 1.807) is 28.9 Å². The van der Waals surface area contributed by atoms with Crippen LogP contribution in [0.25, 0.3) is 5.65 Å². The van der Waals surface area contributed by atoms with Crippen molar-refractivity contribution in [2.45, 2.75) is 4.90 Å². The van der Waals surface area contributed by atoms with E-state index in [0.29, 0.717) is 11.3 Å². The lowest BCUT2D eigenvalue weighted by Gasteiger charge is -2.09. The van der Waals surface area contributed by atoms with Crippen molar-refractivity contribution in [1.82, 2.24) is 9.38 Å². The fourth-order valence-electron chi connectivity index (χ4n) is 2.17. The Bertz CT molecular complexity index is 858. The van der Waals surface area contributed by atoms with Crippen LogP contribution in [0.2, 0.25) is 0 Å². The summed E-state index contributed by atoms with van der Waals surface area (Å²) in [6.45, 7) is -0.366. The highest BCUT2D eigenvalue weighted by molar-refractivity contribution is 7.98. The number of pyridine rings is 1. The summed E-state index contributed by atoms with van der Waals surface area (Å²) in [7, 11) is 0. The molecular formula is C17H15N3O3S. The molecular weight excluding hydrogens is 326 g/mol. The minimum absolute atomic E-state index is 0.165. The average molecular weight is 341 g/mol. The number of nitrogens with zero attached hydrogens (tertiary/aromatic N) is 2. The van der Waals surface area contributed by atoms with Crippen LogP contribution in [-0.2, 0) is 9.53 Å². The zero-order valence-corrected chi connectivity index (χ0v) is 13.7. The summed E-state index contributed by atoms with van der Waals surface area (Å²) in [6.07, 6.45) is 5.28. The molecule has 0 aliphatic heterocycles. The third-order valence-electron chi connectivity index (χ3n) is 3.29. The lowest BCUT2D eigenvalue weighted by molar-refractivity contribution is -0.119. The van der Waals surface area contributed by atoms with E-state index < -0.39 is 11.9 Å². The molecule has 0 bridgehead atoms. The maximum atomic E-state index is 12.0. The van der Waals surface area contributed by atoms with Crippen LogP contribution in [0.3, 0.4) is 0 Å². The van der Waals surface area contributed by atoms with Gasteiger partial charge in [-0.1, -0.05) is 18.2 Å². The number of imidazole rings is 1. The van der Waals surface area contributed by atoms with Gasteiger partial charge < -0.3 is 14.5 Å². The van der Waals surface area contributed by atoms with Gasteiger partial charge in [0.25, 0.3) is 5.91 Å². The quantitative estimate of drug-likeness (QED) is 0.571. The zero-order chi connectivity index (χ0) is 16.9. The number of hydrogen-bond donors (Lipinski definition) is 1. The molecule has 24 heavy (non-hydrogen) atoms. The van der Waals surface area contributed by atoms with Crippen molar-refractivity contribution in [3.8, 4) is 0 Å². The fourth-order valence-corrected chi connectivity index (χ4v) is 2.73. The SMILES string of the molecule is CSc1ccccc1NC(=O)COC(=O)c1cn2ccccc2n1. The molecule has 1 amide bonds. The molecule has 1 N–H and O–H groups in total. The summed E-state index contributed by atoms with van der Waals surface area (Å²) in [6, 6.07) is 12.9. The van der Waals surface area contributed by atoms with E-state index in [1.807, 2.05) is 36.6 Å². The van der Waals surface area contributed by atoms with E-state index in [2.05, 4.69) is 10.3 Å². The molecule has 0 radical (unpaired) electrons. The van der Waals surface area contributed by atoms with Crippen molar-refractivity contribution < 1.29 is 14.3 Å². The number of para-hydroxylation sites is 1. The Hall–Kier alpha value is -2.80. The lowest BCUT2D eigenvalue weighted by Crippen LogP contribution is -2.21. The second kappa shape index (κ2) is 7.18. The first-order valence-corrected chi connectivity index (χ1v) is 8.43. The Morgan fingerprint density at radius 3 is 2.79 bits per heavy atom. The monoisotopic (exact) mass is 341 g/mol. The number of esters is 1. The third kappa shape index (κ3) is 3.57. The Morgan fingerprint density at radius 2 is 2.00 bits per heavy atom. The van der Waals surface area contributed by atoms with Crippen LogP contribution in [0.4, 0.5) is 5.69 Å². The number of hydrogen-bond acceptors (Lipinski definition) is 5. The standard InChI is InChI=1S/C17H15N3O3S/c1-24-14-7-3-2-6-12(14)19-16(21)11-23-17(22)13-10-20-9-5-4-8-15(20)18-13/h2-10H,11H2,1H3,(H,19,21). The van der Waals surface area contributed by atoms with Gasteiger partial charge in [0.05, 0.1) is 5.69 Å². The van der Waals surface area contributed by atoms with E-state index in [1.165, 1.54) is 11.8 Å². The smallest absolute Gasteiger partial charge is 0.359 e. The Labute approximate surface area is 142 Å². The molecule has 0 spiro atoms. The van der Waals surface area contributed by atoms with Gasteiger partial charge in [-0.15, -0.1) is 11.8 Å². The van der Waals surface area contributed by atoms with Gasteiger partial charge >= 0.3 is 5.97 Å². The van der Waals surface area contributed by atoms with Gasteiger partial charge in [-0.05, 0) is 30.5 Å². The molecule has 7 heteroatoms. The number of benzene rings is 1. The summed E-state index contributed by atoms with van der Waals surface area (Å²) >= 11 is 1.53. The molecule has 3 rings (SSSR count). The maximum Gasteiger partial charge on any atom is 0.359 e. The normalized spacial score (nSPS) is 10.5. The molecule has 6 nitrogen and oxygen atoms in total. The van der Waals surface area contributed by atoms with Crippen molar-refractivity contribution in [3.05, 3.63) is 60.6 Å². The Kier molecular flexibility index (Phi) is 4.81. The van der Waals surface area contributed by atoms with Crippen molar-refractivity contribution in [2.24, 2.45) is 0 Å². The summed E-state index contributed by atoms with van der Waals surface area (Å²) in [5, 5.41) is 2.73. The number of ether oxygens (including phenoxy) is 1. The van der Waals surface area contributed by atoms with Crippen molar-refractivity contribution in [1.29, 1.82) is 0 Å². The number of fused-ring (bicyclic) bond motifs is 1. The van der Waals surface area contributed by atoms with Crippen LogP contribution >= 0.6 is 11.8 Å². The number of carbonyl (C=O) groups excluding carboxylic acids is 2. The third-order valence-corrected chi connectivity index (χ3v) is 4.08. The molecule has 122 valence electrons. The van der Waals surface area contributed by atoms with Gasteiger partial charge in [-0.3, -0.25) is 4.79 Å². The molecule has 1 aromatic carbocycles. The van der Waals surface area contributed by atoms with Gasteiger partial charge in [0.15, 0.2) is 12.3 Å². The topological polar surface area (TPSA) is 72.7 Å². The summed E-state index contributed by atoms with van der Waals surface area (Å²) in [5.41, 5.74) is 1.50. The maximum absolute atomic E-state index is 12.0. The van der Waals surface area contributed by atoms with Crippen LogP contribution in [-0.4, -0.2) is 34.1 Å². The molecule has 2 heterocycles. The van der Waals surface area contributed by atoms with Gasteiger partial charge in [-0.2, -0.15) is 0 Å².